The highest BCUT2D eigenvalue weighted by atomic mass is 32.2. The van der Waals surface area contributed by atoms with E-state index >= 15 is 0 Å². The Kier molecular flexibility index (Phi) is 6.05. The van der Waals surface area contributed by atoms with Gasteiger partial charge in [0.15, 0.2) is 5.75 Å². The van der Waals surface area contributed by atoms with Crippen LogP contribution in [0.4, 0.5) is 10.5 Å². The molecule has 0 unspecified atom stereocenters. The summed E-state index contributed by atoms with van der Waals surface area (Å²) in [5.74, 6) is -2.25. The van der Waals surface area contributed by atoms with Crippen LogP contribution in [0.15, 0.2) is 17.0 Å². The maximum absolute atomic E-state index is 12.5. The number of nitro groups is 1. The number of carbonyl (C=O) groups is 3. The van der Waals surface area contributed by atoms with Gasteiger partial charge in [0.05, 0.1) is 23.5 Å². The Morgan fingerprint density at radius 1 is 1.44 bits per heavy atom. The second-order valence-corrected chi connectivity index (χ2v) is 6.32. The molecule has 0 radical (unpaired) electrons. The highest BCUT2D eigenvalue weighted by molar-refractivity contribution is 8.18. The minimum Gasteiger partial charge on any atom is -0.500 e. The first-order valence-electron chi connectivity index (χ1n) is 7.70. The van der Waals surface area contributed by atoms with Crippen molar-refractivity contribution in [1.29, 1.82) is 0 Å². The van der Waals surface area contributed by atoms with Crippen LogP contribution in [0.1, 0.15) is 19.4 Å². The Bertz CT molecular complexity index is 851. The van der Waals surface area contributed by atoms with Gasteiger partial charge in [0.2, 0.25) is 5.75 Å². The zero-order valence-corrected chi connectivity index (χ0v) is 15.4. The standard InChI is InChI=1S/C16H16N2O8S/c1-4-26-15(21)8(2)17-14(20)12(27-16(17)22)7-9-5-10(18(23)24)13(19)11(6-9)25-3/h5-8,19H,4H2,1-3H3/b12-7-/t8-/m1/s1. The lowest BCUT2D eigenvalue weighted by Crippen LogP contribution is -2.42. The molecule has 2 amide bonds. The van der Waals surface area contributed by atoms with Crippen LogP contribution < -0.4 is 4.74 Å². The quantitative estimate of drug-likeness (QED) is 0.332. The number of nitro benzene ring substituents is 1. The van der Waals surface area contributed by atoms with Crippen molar-refractivity contribution >= 4 is 40.6 Å². The average molecular weight is 396 g/mol. The molecule has 1 saturated heterocycles. The number of aromatic hydroxyl groups is 1. The van der Waals surface area contributed by atoms with Gasteiger partial charge in [0.25, 0.3) is 11.1 Å². The van der Waals surface area contributed by atoms with Crippen molar-refractivity contribution in [3.05, 3.63) is 32.7 Å². The molecule has 0 spiro atoms. The Labute approximate surface area is 157 Å². The minimum absolute atomic E-state index is 0.0295. The topological polar surface area (TPSA) is 136 Å². The van der Waals surface area contributed by atoms with Gasteiger partial charge in [0, 0.05) is 6.07 Å². The number of imide groups is 1. The first-order chi connectivity index (χ1) is 12.7. The third-order valence-electron chi connectivity index (χ3n) is 3.63. The monoisotopic (exact) mass is 396 g/mol. The average Bonchev–Trinajstić information content (AvgIpc) is 2.89. The van der Waals surface area contributed by atoms with Gasteiger partial charge >= 0.3 is 11.7 Å². The summed E-state index contributed by atoms with van der Waals surface area (Å²) in [6.07, 6.45) is 1.25. The fourth-order valence-corrected chi connectivity index (χ4v) is 3.23. The molecule has 10 nitrogen and oxygen atoms in total. The number of amides is 2. The molecular formula is C16H16N2O8S. The maximum Gasteiger partial charge on any atom is 0.329 e. The number of hydrogen-bond donors (Lipinski definition) is 1. The lowest BCUT2D eigenvalue weighted by atomic mass is 10.1. The molecule has 2 rings (SSSR count). The van der Waals surface area contributed by atoms with Gasteiger partial charge in [0.1, 0.15) is 6.04 Å². The van der Waals surface area contributed by atoms with Crippen molar-refractivity contribution in [1.82, 2.24) is 4.90 Å². The molecule has 1 fully saturated rings. The Balaban J connectivity index is 2.39. The van der Waals surface area contributed by atoms with Gasteiger partial charge in [-0.05, 0) is 43.3 Å². The van der Waals surface area contributed by atoms with Crippen molar-refractivity contribution in [3.63, 3.8) is 0 Å². The normalized spacial score (nSPS) is 16.6. The van der Waals surface area contributed by atoms with Crippen molar-refractivity contribution in [2.75, 3.05) is 13.7 Å². The van der Waals surface area contributed by atoms with E-state index in [4.69, 9.17) is 9.47 Å². The largest absolute Gasteiger partial charge is 0.500 e. The summed E-state index contributed by atoms with van der Waals surface area (Å²) in [5.41, 5.74) is -0.439. The highest BCUT2D eigenvalue weighted by Gasteiger charge is 2.41. The second-order valence-electron chi connectivity index (χ2n) is 5.33. The van der Waals surface area contributed by atoms with Crippen LogP contribution in [0.3, 0.4) is 0 Å². The predicted molar refractivity (Wildman–Crippen MR) is 95.2 cm³/mol. The van der Waals surface area contributed by atoms with Gasteiger partial charge < -0.3 is 14.6 Å². The lowest BCUT2D eigenvalue weighted by Gasteiger charge is -2.19. The van der Waals surface area contributed by atoms with Crippen LogP contribution in [0.25, 0.3) is 6.08 Å². The van der Waals surface area contributed by atoms with Crippen LogP contribution in [-0.4, -0.2) is 51.8 Å². The molecular weight excluding hydrogens is 380 g/mol. The van der Waals surface area contributed by atoms with Crippen molar-refractivity contribution in [3.8, 4) is 11.5 Å². The molecule has 11 heteroatoms. The molecule has 0 aliphatic carbocycles. The summed E-state index contributed by atoms with van der Waals surface area (Å²) in [6.45, 7) is 3.07. The molecule has 0 bridgehead atoms. The third kappa shape index (κ3) is 4.03. The summed E-state index contributed by atoms with van der Waals surface area (Å²) < 4.78 is 9.71. The molecule has 1 aromatic rings. The second kappa shape index (κ2) is 8.08. The van der Waals surface area contributed by atoms with E-state index in [1.54, 1.807) is 6.92 Å². The third-order valence-corrected chi connectivity index (χ3v) is 4.51. The first kappa shape index (κ1) is 20.2. The number of phenols is 1. The highest BCUT2D eigenvalue weighted by Crippen LogP contribution is 2.39. The van der Waals surface area contributed by atoms with Crippen LogP contribution in [0.2, 0.25) is 0 Å². The predicted octanol–water partition coefficient (Wildman–Crippen LogP) is 2.30. The van der Waals surface area contributed by atoms with Gasteiger partial charge in [-0.25, -0.2) is 4.79 Å². The molecule has 144 valence electrons. The van der Waals surface area contributed by atoms with E-state index in [0.717, 1.165) is 11.0 Å². The smallest absolute Gasteiger partial charge is 0.329 e. The molecule has 1 N–H and O–H groups in total. The van der Waals surface area contributed by atoms with Crippen molar-refractivity contribution < 1.29 is 33.9 Å². The lowest BCUT2D eigenvalue weighted by molar-refractivity contribution is -0.386. The van der Waals surface area contributed by atoms with Crippen LogP contribution in [0, 0.1) is 10.1 Å². The summed E-state index contributed by atoms with van der Waals surface area (Å²) in [7, 11) is 1.22. The molecule has 27 heavy (non-hydrogen) atoms. The number of benzene rings is 1. The number of nitrogens with zero attached hydrogens (tertiary/aromatic N) is 2. The van der Waals surface area contributed by atoms with E-state index in [-0.39, 0.29) is 22.8 Å². The number of ether oxygens (including phenoxy) is 2. The molecule has 1 atom stereocenters. The van der Waals surface area contributed by atoms with Crippen LogP contribution in [-0.2, 0) is 14.3 Å². The van der Waals surface area contributed by atoms with Crippen LogP contribution in [0.5, 0.6) is 11.5 Å². The fraction of sp³-hybridized carbons (Fsp3) is 0.312. The van der Waals surface area contributed by atoms with E-state index < -0.39 is 39.5 Å². The van der Waals surface area contributed by atoms with Gasteiger partial charge in [-0.1, -0.05) is 0 Å². The Morgan fingerprint density at radius 2 is 2.11 bits per heavy atom. The van der Waals surface area contributed by atoms with Gasteiger partial charge in [-0.3, -0.25) is 24.6 Å². The van der Waals surface area contributed by atoms with E-state index in [1.165, 1.54) is 26.2 Å². The number of esters is 1. The van der Waals surface area contributed by atoms with E-state index in [2.05, 4.69) is 0 Å². The number of methoxy groups -OCH3 is 1. The van der Waals surface area contributed by atoms with E-state index in [9.17, 15) is 29.6 Å². The molecule has 1 aliphatic rings. The van der Waals surface area contributed by atoms with Gasteiger partial charge in [-0.15, -0.1) is 0 Å². The zero-order chi connectivity index (χ0) is 20.3. The summed E-state index contributed by atoms with van der Waals surface area (Å²) in [5, 5.41) is 20.2. The molecule has 1 aromatic carbocycles. The number of carbonyl (C=O) groups excluding carboxylic acids is 3. The Hall–Kier alpha value is -3.08. The molecule has 1 heterocycles. The zero-order valence-electron chi connectivity index (χ0n) is 14.6. The number of rotatable bonds is 6. The summed E-state index contributed by atoms with van der Waals surface area (Å²) in [4.78, 5) is 47.4. The molecule has 1 aliphatic heterocycles. The van der Waals surface area contributed by atoms with E-state index in [0.29, 0.717) is 11.8 Å². The Morgan fingerprint density at radius 3 is 2.67 bits per heavy atom. The van der Waals surface area contributed by atoms with E-state index in [1.807, 2.05) is 0 Å². The number of phenolic OH excluding ortho intramolecular Hbond substituents is 1. The molecule has 0 saturated carbocycles. The SMILES string of the molecule is CCOC(=O)[C@@H](C)N1C(=O)S/C(=C\c2cc(OC)c(O)c([N+](=O)[O-])c2)C1=O. The first-order valence-corrected chi connectivity index (χ1v) is 8.52. The number of thioether (sulfide) groups is 1. The summed E-state index contributed by atoms with van der Waals surface area (Å²) in [6, 6.07) is 1.22. The maximum atomic E-state index is 12.5. The van der Waals surface area contributed by atoms with Gasteiger partial charge in [-0.2, -0.15) is 0 Å². The minimum atomic E-state index is -1.10. The molecule has 0 aromatic heterocycles. The fourth-order valence-electron chi connectivity index (χ4n) is 2.33. The number of hydrogen-bond acceptors (Lipinski definition) is 9. The van der Waals surface area contributed by atoms with Crippen molar-refractivity contribution in [2.45, 2.75) is 19.9 Å². The van der Waals surface area contributed by atoms with Crippen molar-refractivity contribution in [2.24, 2.45) is 0 Å². The van der Waals surface area contributed by atoms with Crippen LogP contribution >= 0.6 is 11.8 Å². The summed E-state index contributed by atoms with van der Waals surface area (Å²) >= 11 is 0.590.